The number of likely N-dealkylation sites (tertiary alicyclic amines) is 1. The van der Waals surface area contributed by atoms with Crippen LogP contribution in [-0.4, -0.2) is 37.5 Å². The van der Waals surface area contributed by atoms with Gasteiger partial charge in [0, 0.05) is 19.5 Å². The summed E-state index contributed by atoms with van der Waals surface area (Å²) in [4.78, 5) is 29.8. The van der Waals surface area contributed by atoms with Gasteiger partial charge in [-0.3, -0.25) is 9.59 Å². The third-order valence-electron chi connectivity index (χ3n) is 3.91. The Hall–Kier alpha value is -1.85. The summed E-state index contributed by atoms with van der Waals surface area (Å²) in [7, 11) is 1.83. The molecule has 0 spiro atoms. The number of aliphatic carboxylic acids is 1. The Morgan fingerprint density at radius 1 is 1.50 bits per heavy atom. The van der Waals surface area contributed by atoms with E-state index in [1.807, 2.05) is 20.9 Å². The van der Waals surface area contributed by atoms with Gasteiger partial charge in [0.1, 0.15) is 0 Å². The van der Waals surface area contributed by atoms with Crippen LogP contribution in [0.2, 0.25) is 0 Å². The number of hydrogen-bond acceptors (Lipinski definition) is 3. The molecule has 2 unspecified atom stereocenters. The number of aryl methyl sites for hydroxylation is 1. The van der Waals surface area contributed by atoms with Crippen LogP contribution in [0.4, 0.5) is 0 Å². The third kappa shape index (κ3) is 2.55. The molecular formula is C14H21N3O3. The van der Waals surface area contributed by atoms with Crippen molar-refractivity contribution in [3.8, 4) is 0 Å². The summed E-state index contributed by atoms with van der Waals surface area (Å²) >= 11 is 0. The summed E-state index contributed by atoms with van der Waals surface area (Å²) < 4.78 is 1.80. The number of carbonyl (C=O) groups excluding carboxylic acids is 1. The van der Waals surface area contributed by atoms with E-state index in [1.165, 1.54) is 0 Å². The van der Waals surface area contributed by atoms with Gasteiger partial charge in [-0.2, -0.15) is 0 Å². The Balaban J connectivity index is 2.52. The molecule has 0 saturated carbocycles. The number of carbonyl (C=O) groups is 2. The smallest absolute Gasteiger partial charge is 0.309 e. The number of hydrogen-bond donors (Lipinski definition) is 1. The van der Waals surface area contributed by atoms with Gasteiger partial charge in [-0.15, -0.1) is 0 Å². The first-order valence-electron chi connectivity index (χ1n) is 6.93. The highest BCUT2D eigenvalue weighted by molar-refractivity contribution is 5.80. The SMILES string of the molecule is CC(C)N1C(=O)CCCC(C(=O)O)C1c1cncn1C. The lowest BCUT2D eigenvalue weighted by Gasteiger charge is -2.36. The van der Waals surface area contributed by atoms with Crippen LogP contribution in [0.15, 0.2) is 12.5 Å². The summed E-state index contributed by atoms with van der Waals surface area (Å²) in [5.74, 6) is -1.41. The van der Waals surface area contributed by atoms with Crippen LogP contribution < -0.4 is 0 Å². The Morgan fingerprint density at radius 2 is 2.20 bits per heavy atom. The lowest BCUT2D eigenvalue weighted by atomic mass is 9.92. The minimum atomic E-state index is -0.850. The first-order chi connectivity index (χ1) is 9.43. The van der Waals surface area contributed by atoms with Crippen LogP contribution in [0.5, 0.6) is 0 Å². The van der Waals surface area contributed by atoms with E-state index in [0.29, 0.717) is 19.3 Å². The van der Waals surface area contributed by atoms with Crippen LogP contribution in [0.25, 0.3) is 0 Å². The van der Waals surface area contributed by atoms with E-state index in [-0.39, 0.29) is 11.9 Å². The van der Waals surface area contributed by atoms with Gasteiger partial charge in [0.25, 0.3) is 0 Å². The predicted molar refractivity (Wildman–Crippen MR) is 72.9 cm³/mol. The standard InChI is InChI=1S/C14H21N3O3/c1-9(2)17-12(18)6-4-5-10(14(19)20)13(17)11-7-15-8-16(11)3/h7-10,13H,4-6H2,1-3H3,(H,19,20). The minimum absolute atomic E-state index is 0.0231. The van der Waals surface area contributed by atoms with Gasteiger partial charge < -0.3 is 14.6 Å². The number of nitrogens with zero attached hydrogens (tertiary/aromatic N) is 3. The van der Waals surface area contributed by atoms with Crippen LogP contribution in [0, 0.1) is 5.92 Å². The fourth-order valence-corrected chi connectivity index (χ4v) is 2.98. The highest BCUT2D eigenvalue weighted by Gasteiger charge is 2.40. The summed E-state index contributed by atoms with van der Waals surface area (Å²) in [6, 6.07) is -0.489. The van der Waals surface area contributed by atoms with Crippen molar-refractivity contribution < 1.29 is 14.7 Å². The fraction of sp³-hybridized carbons (Fsp3) is 0.643. The Kier molecular flexibility index (Phi) is 4.11. The molecule has 1 fully saturated rings. The second-order valence-electron chi connectivity index (χ2n) is 5.61. The average Bonchev–Trinajstić information content (AvgIpc) is 2.68. The van der Waals surface area contributed by atoms with Gasteiger partial charge in [-0.1, -0.05) is 0 Å². The summed E-state index contributed by atoms with van der Waals surface area (Å²) in [6.07, 6.45) is 4.85. The van der Waals surface area contributed by atoms with Gasteiger partial charge in [0.15, 0.2) is 0 Å². The number of imidazole rings is 1. The molecular weight excluding hydrogens is 258 g/mol. The molecule has 2 heterocycles. The van der Waals surface area contributed by atoms with Crippen LogP contribution in [0.1, 0.15) is 44.8 Å². The molecule has 1 aromatic rings. The predicted octanol–water partition coefficient (Wildman–Crippen LogP) is 1.58. The molecule has 1 aliphatic heterocycles. The van der Waals surface area contributed by atoms with Crippen LogP contribution >= 0.6 is 0 Å². The van der Waals surface area contributed by atoms with Gasteiger partial charge in [-0.05, 0) is 26.7 Å². The maximum Gasteiger partial charge on any atom is 0.309 e. The summed E-state index contributed by atoms with van der Waals surface area (Å²) in [5, 5.41) is 9.54. The van der Waals surface area contributed by atoms with Gasteiger partial charge in [-0.25, -0.2) is 4.98 Å². The average molecular weight is 279 g/mol. The molecule has 1 amide bonds. The van der Waals surface area contributed by atoms with Crippen LogP contribution in [-0.2, 0) is 16.6 Å². The largest absolute Gasteiger partial charge is 0.481 e. The first-order valence-corrected chi connectivity index (χ1v) is 6.93. The van der Waals surface area contributed by atoms with Crippen molar-refractivity contribution in [1.29, 1.82) is 0 Å². The Morgan fingerprint density at radius 3 is 2.70 bits per heavy atom. The van der Waals surface area contributed by atoms with Gasteiger partial charge in [0.2, 0.25) is 5.91 Å². The quantitative estimate of drug-likeness (QED) is 0.911. The number of rotatable bonds is 3. The minimum Gasteiger partial charge on any atom is -0.481 e. The number of carboxylic acid groups (broad SMARTS) is 1. The summed E-state index contributed by atoms with van der Waals surface area (Å²) in [5.41, 5.74) is 0.779. The molecule has 2 rings (SSSR count). The van der Waals surface area contributed by atoms with E-state index >= 15 is 0 Å². The molecule has 1 aliphatic rings. The first kappa shape index (κ1) is 14.6. The van der Waals surface area contributed by atoms with Crippen molar-refractivity contribution in [1.82, 2.24) is 14.5 Å². The maximum absolute atomic E-state index is 12.3. The zero-order valence-electron chi connectivity index (χ0n) is 12.1. The third-order valence-corrected chi connectivity index (χ3v) is 3.91. The van der Waals surface area contributed by atoms with Crippen molar-refractivity contribution >= 4 is 11.9 Å². The molecule has 0 bridgehead atoms. The Labute approximate surface area is 118 Å². The number of amides is 1. The van der Waals surface area contributed by atoms with E-state index in [4.69, 9.17) is 0 Å². The monoisotopic (exact) mass is 279 g/mol. The van der Waals surface area contributed by atoms with Gasteiger partial charge in [0.05, 0.1) is 30.2 Å². The van der Waals surface area contributed by atoms with E-state index < -0.39 is 17.9 Å². The number of aromatic nitrogens is 2. The molecule has 1 saturated heterocycles. The molecule has 6 heteroatoms. The highest BCUT2D eigenvalue weighted by atomic mass is 16.4. The molecule has 110 valence electrons. The van der Waals surface area contributed by atoms with Crippen molar-refractivity contribution in [3.05, 3.63) is 18.2 Å². The lowest BCUT2D eigenvalue weighted by Crippen LogP contribution is -2.43. The maximum atomic E-state index is 12.3. The zero-order valence-corrected chi connectivity index (χ0v) is 12.1. The molecule has 20 heavy (non-hydrogen) atoms. The molecule has 2 atom stereocenters. The zero-order chi connectivity index (χ0) is 14.9. The highest BCUT2D eigenvalue weighted by Crippen LogP contribution is 2.36. The number of carboxylic acids is 1. The lowest BCUT2D eigenvalue weighted by molar-refractivity contribution is -0.147. The van der Waals surface area contributed by atoms with Gasteiger partial charge >= 0.3 is 5.97 Å². The summed E-state index contributed by atoms with van der Waals surface area (Å²) in [6.45, 7) is 3.84. The fourth-order valence-electron chi connectivity index (χ4n) is 2.98. The van der Waals surface area contributed by atoms with Crippen molar-refractivity contribution in [3.63, 3.8) is 0 Å². The molecule has 0 aliphatic carbocycles. The van der Waals surface area contributed by atoms with Crippen molar-refractivity contribution in [2.24, 2.45) is 13.0 Å². The topological polar surface area (TPSA) is 75.4 Å². The van der Waals surface area contributed by atoms with Crippen molar-refractivity contribution in [2.45, 2.75) is 45.2 Å². The second kappa shape index (κ2) is 5.64. The van der Waals surface area contributed by atoms with Crippen molar-refractivity contribution in [2.75, 3.05) is 0 Å². The molecule has 6 nitrogen and oxygen atoms in total. The molecule has 0 aromatic carbocycles. The second-order valence-corrected chi connectivity index (χ2v) is 5.61. The van der Waals surface area contributed by atoms with Crippen LogP contribution in [0.3, 0.4) is 0 Å². The van der Waals surface area contributed by atoms with E-state index in [1.54, 1.807) is 22.0 Å². The Bertz CT molecular complexity index is 510. The molecule has 1 aromatic heterocycles. The van der Waals surface area contributed by atoms with E-state index in [9.17, 15) is 14.7 Å². The van der Waals surface area contributed by atoms with E-state index in [2.05, 4.69) is 4.98 Å². The van der Waals surface area contributed by atoms with E-state index in [0.717, 1.165) is 5.69 Å². The molecule has 0 radical (unpaired) electrons. The molecule has 1 N–H and O–H groups in total. The normalized spacial score (nSPS) is 24.0.